The summed E-state index contributed by atoms with van der Waals surface area (Å²) < 4.78 is 40.2. The Morgan fingerprint density at radius 1 is 1.42 bits per heavy atom. The van der Waals surface area contributed by atoms with Crippen LogP contribution in [-0.4, -0.2) is 30.5 Å². The Morgan fingerprint density at radius 3 is 2.63 bits per heavy atom. The minimum absolute atomic E-state index is 0.0979. The highest BCUT2D eigenvalue weighted by molar-refractivity contribution is 9.10. The first-order valence-corrected chi connectivity index (χ1v) is 7.37. The second-order valence-corrected chi connectivity index (χ2v) is 6.40. The molecule has 0 spiro atoms. The van der Waals surface area contributed by atoms with Crippen LogP contribution in [0.2, 0.25) is 0 Å². The first-order valence-electron chi connectivity index (χ1n) is 5.13. The molecule has 0 aliphatic heterocycles. The van der Waals surface area contributed by atoms with Gasteiger partial charge >= 0.3 is 0 Å². The lowest BCUT2D eigenvalue weighted by atomic mass is 10.3. The largest absolute Gasteiger partial charge is 0.284 e. The molecule has 102 valence electrons. The Balaban J connectivity index is 2.52. The molecule has 19 heavy (non-hydrogen) atoms. The number of aromatic nitrogens is 3. The van der Waals surface area contributed by atoms with Crippen molar-refractivity contribution in [1.29, 1.82) is 0 Å². The lowest BCUT2D eigenvalue weighted by Crippen LogP contribution is -2.28. The molecular formula is C10H10BrFN4O2S. The topological polar surface area (TPSA) is 68.1 Å². The van der Waals surface area contributed by atoms with Crippen LogP contribution < -0.4 is 4.31 Å². The smallest absolute Gasteiger partial charge is 0.268 e. The molecule has 0 aliphatic rings. The van der Waals surface area contributed by atoms with E-state index in [9.17, 15) is 12.8 Å². The van der Waals surface area contributed by atoms with Crippen LogP contribution in [0.25, 0.3) is 0 Å². The summed E-state index contributed by atoms with van der Waals surface area (Å²) in [5, 5.41) is 7.14. The molecule has 1 aromatic carbocycles. The van der Waals surface area contributed by atoms with Crippen LogP contribution in [0.1, 0.15) is 0 Å². The van der Waals surface area contributed by atoms with Gasteiger partial charge in [-0.25, -0.2) is 9.07 Å². The van der Waals surface area contributed by atoms with Gasteiger partial charge in [-0.2, -0.15) is 8.42 Å². The number of nitrogens with zero attached hydrogens (tertiary/aromatic N) is 4. The predicted octanol–water partition coefficient (Wildman–Crippen LogP) is 1.54. The van der Waals surface area contributed by atoms with Gasteiger partial charge in [-0.15, -0.1) is 5.10 Å². The second-order valence-electron chi connectivity index (χ2n) is 3.76. The SMILES string of the molecule is CN(c1cccc(F)c1)S(=O)(=O)c1c(Br)nnn1C. The Bertz CT molecular complexity index is 697. The summed E-state index contributed by atoms with van der Waals surface area (Å²) in [6.45, 7) is 0. The fraction of sp³-hybridized carbons (Fsp3) is 0.200. The van der Waals surface area contributed by atoms with E-state index in [1.54, 1.807) is 0 Å². The summed E-state index contributed by atoms with van der Waals surface area (Å²) in [4.78, 5) is 0. The molecule has 2 rings (SSSR count). The second kappa shape index (κ2) is 4.89. The van der Waals surface area contributed by atoms with Gasteiger partial charge in [0, 0.05) is 14.1 Å². The van der Waals surface area contributed by atoms with E-state index in [4.69, 9.17) is 0 Å². The fourth-order valence-electron chi connectivity index (χ4n) is 1.54. The van der Waals surface area contributed by atoms with E-state index in [0.717, 1.165) is 15.1 Å². The third-order valence-electron chi connectivity index (χ3n) is 2.51. The summed E-state index contributed by atoms with van der Waals surface area (Å²) in [7, 11) is -1.07. The predicted molar refractivity (Wildman–Crippen MR) is 70.7 cm³/mol. The van der Waals surface area contributed by atoms with Crippen LogP contribution in [0.15, 0.2) is 33.9 Å². The molecular weight excluding hydrogens is 339 g/mol. The minimum atomic E-state index is -3.87. The molecule has 9 heteroatoms. The zero-order chi connectivity index (χ0) is 14.2. The quantitative estimate of drug-likeness (QED) is 0.843. The number of anilines is 1. The van der Waals surface area contributed by atoms with Gasteiger partial charge in [0.15, 0.2) is 4.60 Å². The van der Waals surface area contributed by atoms with E-state index in [-0.39, 0.29) is 15.3 Å². The van der Waals surface area contributed by atoms with Crippen molar-refractivity contribution in [1.82, 2.24) is 15.0 Å². The highest BCUT2D eigenvalue weighted by Crippen LogP contribution is 2.25. The first kappa shape index (κ1) is 13.9. The van der Waals surface area contributed by atoms with Crippen LogP contribution >= 0.6 is 15.9 Å². The zero-order valence-corrected chi connectivity index (χ0v) is 12.5. The van der Waals surface area contributed by atoms with E-state index in [1.807, 2.05) is 0 Å². The number of sulfonamides is 1. The van der Waals surface area contributed by atoms with Gasteiger partial charge in [0.2, 0.25) is 5.03 Å². The average molecular weight is 349 g/mol. The molecule has 0 amide bonds. The van der Waals surface area contributed by atoms with Gasteiger partial charge < -0.3 is 0 Å². The van der Waals surface area contributed by atoms with Crippen molar-refractivity contribution in [3.8, 4) is 0 Å². The number of aryl methyl sites for hydroxylation is 1. The maximum absolute atomic E-state index is 13.2. The molecule has 2 aromatic rings. The van der Waals surface area contributed by atoms with E-state index < -0.39 is 15.8 Å². The van der Waals surface area contributed by atoms with Gasteiger partial charge in [-0.05, 0) is 34.1 Å². The van der Waals surface area contributed by atoms with Gasteiger partial charge in [0.25, 0.3) is 10.0 Å². The molecule has 0 bridgehead atoms. The standard InChI is InChI=1S/C10H10BrFN4O2S/c1-15-10(9(11)13-14-15)19(17,18)16(2)8-5-3-4-7(12)6-8/h3-6H,1-2H3. The zero-order valence-electron chi connectivity index (χ0n) is 10.1. The minimum Gasteiger partial charge on any atom is -0.268 e. The van der Waals surface area contributed by atoms with E-state index in [2.05, 4.69) is 26.2 Å². The van der Waals surface area contributed by atoms with Gasteiger partial charge in [-0.3, -0.25) is 4.31 Å². The van der Waals surface area contributed by atoms with Crippen molar-refractivity contribution < 1.29 is 12.8 Å². The number of benzene rings is 1. The molecule has 1 aromatic heterocycles. The van der Waals surface area contributed by atoms with Crippen molar-refractivity contribution >= 4 is 31.6 Å². The third-order valence-corrected chi connectivity index (χ3v) is 5.19. The Hall–Kier alpha value is -1.48. The fourth-order valence-corrected chi connectivity index (χ4v) is 3.75. The number of hydrogen-bond donors (Lipinski definition) is 0. The molecule has 0 radical (unpaired) electrons. The third kappa shape index (κ3) is 2.47. The summed E-state index contributed by atoms with van der Waals surface area (Å²) >= 11 is 3.03. The number of rotatable bonds is 3. The van der Waals surface area contributed by atoms with Crippen molar-refractivity contribution in [2.24, 2.45) is 7.05 Å². The summed E-state index contributed by atoms with van der Waals surface area (Å²) in [5.74, 6) is -0.512. The van der Waals surface area contributed by atoms with Crippen LogP contribution in [-0.2, 0) is 17.1 Å². The van der Waals surface area contributed by atoms with E-state index in [1.165, 1.54) is 32.3 Å². The summed E-state index contributed by atoms with van der Waals surface area (Å²) in [5.41, 5.74) is 0.216. The molecule has 0 atom stereocenters. The Morgan fingerprint density at radius 2 is 2.11 bits per heavy atom. The van der Waals surface area contributed by atoms with Crippen molar-refractivity contribution in [2.45, 2.75) is 5.03 Å². The average Bonchev–Trinajstić information content (AvgIpc) is 2.68. The monoisotopic (exact) mass is 348 g/mol. The Labute approximate surface area is 118 Å². The molecule has 0 unspecified atom stereocenters. The molecule has 0 saturated carbocycles. The highest BCUT2D eigenvalue weighted by Gasteiger charge is 2.28. The maximum Gasteiger partial charge on any atom is 0.284 e. The molecule has 0 N–H and O–H groups in total. The Kier molecular flexibility index (Phi) is 3.59. The van der Waals surface area contributed by atoms with E-state index >= 15 is 0 Å². The normalized spacial score (nSPS) is 11.6. The van der Waals surface area contributed by atoms with Gasteiger partial charge in [-0.1, -0.05) is 11.3 Å². The van der Waals surface area contributed by atoms with Crippen molar-refractivity contribution in [3.63, 3.8) is 0 Å². The molecule has 0 aliphatic carbocycles. The van der Waals surface area contributed by atoms with Gasteiger partial charge in [0.05, 0.1) is 5.69 Å². The summed E-state index contributed by atoms with van der Waals surface area (Å²) in [6, 6.07) is 5.31. The van der Waals surface area contributed by atoms with Crippen LogP contribution in [0, 0.1) is 5.82 Å². The maximum atomic E-state index is 13.2. The molecule has 6 nitrogen and oxygen atoms in total. The van der Waals surface area contributed by atoms with Gasteiger partial charge in [0.1, 0.15) is 5.82 Å². The first-order chi connectivity index (χ1) is 8.84. The van der Waals surface area contributed by atoms with Crippen molar-refractivity contribution in [2.75, 3.05) is 11.4 Å². The van der Waals surface area contributed by atoms with Crippen LogP contribution in [0.5, 0.6) is 0 Å². The molecule has 1 heterocycles. The van der Waals surface area contributed by atoms with Crippen LogP contribution in [0.4, 0.5) is 10.1 Å². The van der Waals surface area contributed by atoms with E-state index in [0.29, 0.717) is 0 Å². The lowest BCUT2D eigenvalue weighted by molar-refractivity contribution is 0.572. The number of halogens is 2. The summed E-state index contributed by atoms with van der Waals surface area (Å²) in [6.07, 6.45) is 0. The van der Waals surface area contributed by atoms with Crippen molar-refractivity contribution in [3.05, 3.63) is 34.7 Å². The number of hydrogen-bond acceptors (Lipinski definition) is 4. The lowest BCUT2D eigenvalue weighted by Gasteiger charge is -2.19. The molecule has 0 saturated heterocycles. The molecule has 0 fully saturated rings. The van der Waals surface area contributed by atoms with Crippen LogP contribution in [0.3, 0.4) is 0 Å². The highest BCUT2D eigenvalue weighted by atomic mass is 79.9.